The molecule has 0 bridgehead atoms. The maximum absolute atomic E-state index is 13.5. The first-order valence-corrected chi connectivity index (χ1v) is 8.89. The van der Waals surface area contributed by atoms with Crippen LogP contribution in [0.25, 0.3) is 0 Å². The molecule has 7 nitrogen and oxygen atoms in total. The monoisotopic (exact) mass is 467 g/mol. The second kappa shape index (κ2) is 8.03. The first-order valence-electron chi connectivity index (χ1n) is 8.10. The minimum Gasteiger partial charge on any atom is -0.329 e. The van der Waals surface area contributed by atoms with E-state index in [0.717, 1.165) is 4.47 Å². The van der Waals surface area contributed by atoms with E-state index < -0.39 is 16.7 Å². The first-order chi connectivity index (χ1) is 13.6. The number of aromatic nitrogens is 2. The highest BCUT2D eigenvalue weighted by molar-refractivity contribution is 9.10. The quantitative estimate of drug-likeness (QED) is 0.383. The van der Waals surface area contributed by atoms with Crippen molar-refractivity contribution in [2.75, 3.05) is 17.3 Å². The molecule has 0 saturated heterocycles. The molecule has 0 saturated carbocycles. The van der Waals surface area contributed by atoms with Crippen LogP contribution in [0.5, 0.6) is 0 Å². The molecule has 3 rings (SSSR count). The normalized spacial score (nSPS) is 11.2. The molecule has 0 aliphatic heterocycles. The number of nitrogens with zero attached hydrogens (tertiary/aromatic N) is 4. The van der Waals surface area contributed by atoms with Gasteiger partial charge in [-0.25, -0.2) is 4.98 Å². The van der Waals surface area contributed by atoms with Crippen LogP contribution in [-0.4, -0.2) is 21.9 Å². The Balaban J connectivity index is 1.97. The maximum Gasteiger partial charge on any atom is 0.421 e. The summed E-state index contributed by atoms with van der Waals surface area (Å²) in [5.74, 6) is -0.412. The van der Waals surface area contributed by atoms with Gasteiger partial charge in [-0.3, -0.25) is 10.1 Å². The first kappa shape index (κ1) is 20.5. The third kappa shape index (κ3) is 4.80. The molecule has 0 spiro atoms. The van der Waals surface area contributed by atoms with Crippen LogP contribution in [0.2, 0.25) is 0 Å². The molecule has 0 radical (unpaired) electrons. The Kier molecular flexibility index (Phi) is 5.69. The van der Waals surface area contributed by atoms with Gasteiger partial charge in [0.05, 0.1) is 4.92 Å². The zero-order valence-electron chi connectivity index (χ0n) is 14.8. The van der Waals surface area contributed by atoms with Gasteiger partial charge >= 0.3 is 6.18 Å². The number of non-ortho nitro benzene ring substituents is 1. The molecule has 0 aliphatic carbocycles. The van der Waals surface area contributed by atoms with E-state index in [9.17, 15) is 23.3 Å². The van der Waals surface area contributed by atoms with Crippen LogP contribution in [0, 0.1) is 10.1 Å². The van der Waals surface area contributed by atoms with E-state index in [1.54, 1.807) is 24.3 Å². The van der Waals surface area contributed by atoms with E-state index in [1.807, 2.05) is 0 Å². The fraction of sp³-hybridized carbons (Fsp3) is 0.111. The molecule has 0 amide bonds. The van der Waals surface area contributed by atoms with E-state index in [0.29, 0.717) is 17.6 Å². The molecule has 11 heteroatoms. The number of rotatable bonds is 5. The summed E-state index contributed by atoms with van der Waals surface area (Å²) in [5.41, 5.74) is -0.206. The number of anilines is 4. The third-order valence-corrected chi connectivity index (χ3v) is 4.47. The molecular weight excluding hydrogens is 455 g/mol. The number of benzene rings is 2. The van der Waals surface area contributed by atoms with Crippen molar-refractivity contribution in [3.63, 3.8) is 0 Å². The predicted octanol–water partition coefficient (Wildman–Crippen LogP) is 5.68. The summed E-state index contributed by atoms with van der Waals surface area (Å²) in [6, 6.07) is 12.1. The van der Waals surface area contributed by atoms with Gasteiger partial charge in [0, 0.05) is 41.2 Å². The summed E-state index contributed by atoms with van der Waals surface area (Å²) in [7, 11) is 1.47. The Labute approximate surface area is 171 Å². The van der Waals surface area contributed by atoms with Gasteiger partial charge in [0.15, 0.2) is 5.82 Å². The maximum atomic E-state index is 13.5. The van der Waals surface area contributed by atoms with Gasteiger partial charge in [-0.05, 0) is 36.4 Å². The van der Waals surface area contributed by atoms with E-state index in [2.05, 4.69) is 31.2 Å². The second-order valence-corrected chi connectivity index (χ2v) is 6.81. The van der Waals surface area contributed by atoms with E-state index >= 15 is 0 Å². The summed E-state index contributed by atoms with van der Waals surface area (Å²) in [6.45, 7) is 0. The van der Waals surface area contributed by atoms with Gasteiger partial charge in [-0.1, -0.05) is 15.9 Å². The molecule has 1 heterocycles. The number of hydrogen-bond donors (Lipinski definition) is 1. The SMILES string of the molecule is CN(c1ccc(Br)cc1)c1nc(Nc2ccc([N+](=O)[O-])cc2)ncc1C(F)(F)F. The number of halogens is 4. The number of hydrogen-bond acceptors (Lipinski definition) is 6. The van der Waals surface area contributed by atoms with Crippen LogP contribution in [-0.2, 0) is 6.18 Å². The van der Waals surface area contributed by atoms with E-state index in [-0.39, 0.29) is 17.5 Å². The van der Waals surface area contributed by atoms with Gasteiger partial charge in [0.25, 0.3) is 5.69 Å². The second-order valence-electron chi connectivity index (χ2n) is 5.89. The van der Waals surface area contributed by atoms with Crippen molar-refractivity contribution in [2.45, 2.75) is 6.18 Å². The van der Waals surface area contributed by atoms with Crippen LogP contribution in [0.15, 0.2) is 59.2 Å². The minimum absolute atomic E-state index is 0.0779. The summed E-state index contributed by atoms with van der Waals surface area (Å²) < 4.78 is 41.2. The number of alkyl halides is 3. The Morgan fingerprint density at radius 2 is 1.72 bits per heavy atom. The lowest BCUT2D eigenvalue weighted by molar-refractivity contribution is -0.384. The molecule has 0 fully saturated rings. The Morgan fingerprint density at radius 3 is 2.28 bits per heavy atom. The molecule has 1 aromatic heterocycles. The Bertz CT molecular complexity index is 1030. The molecule has 0 aliphatic rings. The number of nitrogens with one attached hydrogen (secondary N) is 1. The summed E-state index contributed by atoms with van der Waals surface area (Å²) in [6.07, 6.45) is -3.95. The summed E-state index contributed by atoms with van der Waals surface area (Å²) in [5, 5.41) is 13.5. The van der Waals surface area contributed by atoms with Gasteiger partial charge < -0.3 is 10.2 Å². The summed E-state index contributed by atoms with van der Waals surface area (Å²) >= 11 is 3.28. The number of nitro benzene ring substituents is 1. The van der Waals surface area contributed by atoms with Gasteiger partial charge in [0.1, 0.15) is 5.56 Å². The fourth-order valence-corrected chi connectivity index (χ4v) is 2.74. The lowest BCUT2D eigenvalue weighted by Gasteiger charge is -2.23. The minimum atomic E-state index is -4.65. The number of nitro groups is 1. The van der Waals surface area contributed by atoms with Crippen LogP contribution < -0.4 is 10.2 Å². The van der Waals surface area contributed by atoms with Crippen LogP contribution in [0.4, 0.5) is 42.0 Å². The van der Waals surface area contributed by atoms with Crippen molar-refractivity contribution >= 4 is 44.8 Å². The fourth-order valence-electron chi connectivity index (χ4n) is 2.47. The summed E-state index contributed by atoms with van der Waals surface area (Å²) in [4.78, 5) is 19.2. The van der Waals surface area contributed by atoms with Crippen LogP contribution in [0.1, 0.15) is 5.56 Å². The van der Waals surface area contributed by atoms with Crippen molar-refractivity contribution in [3.05, 3.63) is 74.9 Å². The molecule has 0 unspecified atom stereocenters. The lowest BCUT2D eigenvalue weighted by atomic mass is 10.2. The predicted molar refractivity (Wildman–Crippen MR) is 106 cm³/mol. The van der Waals surface area contributed by atoms with Gasteiger partial charge in [0.2, 0.25) is 5.95 Å². The van der Waals surface area contributed by atoms with Gasteiger partial charge in [-0.15, -0.1) is 0 Å². The zero-order chi connectivity index (χ0) is 21.2. The highest BCUT2D eigenvalue weighted by Crippen LogP contribution is 2.37. The Hall–Kier alpha value is -3.21. The van der Waals surface area contributed by atoms with Crippen LogP contribution >= 0.6 is 15.9 Å². The largest absolute Gasteiger partial charge is 0.421 e. The molecule has 0 atom stereocenters. The molecule has 3 aromatic rings. The topological polar surface area (TPSA) is 84.2 Å². The average molecular weight is 468 g/mol. The Morgan fingerprint density at radius 1 is 1.10 bits per heavy atom. The molecule has 150 valence electrons. The van der Waals surface area contributed by atoms with Crippen molar-refractivity contribution in [3.8, 4) is 0 Å². The third-order valence-electron chi connectivity index (χ3n) is 3.94. The van der Waals surface area contributed by atoms with E-state index in [1.165, 1.54) is 36.2 Å². The van der Waals surface area contributed by atoms with E-state index in [4.69, 9.17) is 0 Å². The highest BCUT2D eigenvalue weighted by atomic mass is 79.9. The molecule has 2 aromatic carbocycles. The average Bonchev–Trinajstić information content (AvgIpc) is 2.67. The van der Waals surface area contributed by atoms with Crippen molar-refractivity contribution in [2.24, 2.45) is 0 Å². The lowest BCUT2D eigenvalue weighted by Crippen LogP contribution is -2.19. The smallest absolute Gasteiger partial charge is 0.329 e. The molecule has 1 N–H and O–H groups in total. The highest BCUT2D eigenvalue weighted by Gasteiger charge is 2.36. The standard InChI is InChI=1S/C18H13BrF3N5O2/c1-26(13-6-2-11(19)3-7-13)16-15(18(20,21)22)10-23-17(25-16)24-12-4-8-14(9-5-12)27(28)29/h2-10H,1H3,(H,23,24,25). The molecular formula is C18H13BrF3N5O2. The zero-order valence-corrected chi connectivity index (χ0v) is 16.4. The van der Waals surface area contributed by atoms with Crippen molar-refractivity contribution in [1.82, 2.24) is 9.97 Å². The van der Waals surface area contributed by atoms with Gasteiger partial charge in [-0.2, -0.15) is 18.2 Å². The van der Waals surface area contributed by atoms with Crippen LogP contribution in [0.3, 0.4) is 0 Å². The van der Waals surface area contributed by atoms with Crippen molar-refractivity contribution < 1.29 is 18.1 Å². The van der Waals surface area contributed by atoms with Crippen molar-refractivity contribution in [1.29, 1.82) is 0 Å². The molecule has 29 heavy (non-hydrogen) atoms.